The van der Waals surface area contributed by atoms with Crippen LogP contribution in [-0.4, -0.2) is 51.3 Å². The Morgan fingerprint density at radius 1 is 1.14 bits per heavy atom. The average molecular weight is 539 g/mol. The van der Waals surface area contributed by atoms with Gasteiger partial charge in [0.05, 0.1) is 18.6 Å². The van der Waals surface area contributed by atoms with Crippen molar-refractivity contribution in [2.75, 3.05) is 0 Å². The molecule has 0 aromatic carbocycles. The molecule has 0 aromatic heterocycles. The third-order valence-corrected chi connectivity index (χ3v) is 8.93. The van der Waals surface area contributed by atoms with Gasteiger partial charge in [-0.3, -0.25) is 4.79 Å². The molecule has 3 N–H and O–H groups in total. The molecular formula is C27H36F6O4. The molecule has 37 heavy (non-hydrogen) atoms. The van der Waals surface area contributed by atoms with E-state index in [1.165, 1.54) is 5.57 Å². The quantitative estimate of drug-likeness (QED) is 0.364. The van der Waals surface area contributed by atoms with Gasteiger partial charge < -0.3 is 15.3 Å². The predicted molar refractivity (Wildman–Crippen MR) is 125 cm³/mol. The smallest absolute Gasteiger partial charge is 0.393 e. The average Bonchev–Trinajstić information content (AvgIpc) is 3.11. The topological polar surface area (TPSA) is 77.8 Å². The number of hydrogen-bond donors (Lipinski definition) is 3. The van der Waals surface area contributed by atoms with Crippen LogP contribution in [0.25, 0.3) is 0 Å². The molecule has 0 bridgehead atoms. The Labute approximate surface area is 213 Å². The van der Waals surface area contributed by atoms with Crippen LogP contribution in [0, 0.1) is 23.2 Å². The lowest BCUT2D eigenvalue weighted by atomic mass is 9.60. The molecule has 0 radical (unpaired) electrons. The summed E-state index contributed by atoms with van der Waals surface area (Å²) in [5.74, 6) is -1.64. The normalized spacial score (nSPS) is 34.6. The number of carbonyl (C=O) groups excluding carboxylic acids is 1. The molecule has 3 fully saturated rings. The van der Waals surface area contributed by atoms with Gasteiger partial charge in [-0.25, -0.2) is 0 Å². The van der Waals surface area contributed by atoms with E-state index in [4.69, 9.17) is 0 Å². The zero-order chi connectivity index (χ0) is 28.0. The zero-order valence-electron chi connectivity index (χ0n) is 21.1. The van der Waals surface area contributed by atoms with Crippen LogP contribution in [0.15, 0.2) is 35.5 Å². The van der Waals surface area contributed by atoms with Crippen LogP contribution < -0.4 is 0 Å². The maximum Gasteiger partial charge on any atom is 0.426 e. The number of carbonyl (C=O) groups is 1. The van der Waals surface area contributed by atoms with Gasteiger partial charge >= 0.3 is 12.4 Å². The van der Waals surface area contributed by atoms with Gasteiger partial charge in [-0.1, -0.05) is 38.2 Å². The molecule has 0 heterocycles. The zero-order valence-corrected chi connectivity index (χ0v) is 21.1. The molecule has 3 aliphatic rings. The number of aliphatic hydroxyl groups is 3. The monoisotopic (exact) mass is 538 g/mol. The number of allylic oxidation sites excluding steroid dienone is 3. The van der Waals surface area contributed by atoms with Crippen LogP contribution in [0.3, 0.4) is 0 Å². The maximum absolute atomic E-state index is 13.0. The Kier molecular flexibility index (Phi) is 8.48. The highest BCUT2D eigenvalue weighted by Crippen LogP contribution is 2.60. The van der Waals surface area contributed by atoms with Crippen molar-refractivity contribution >= 4 is 5.78 Å². The molecule has 0 spiro atoms. The third kappa shape index (κ3) is 5.86. The summed E-state index contributed by atoms with van der Waals surface area (Å²) in [5, 5.41) is 29.5. The summed E-state index contributed by atoms with van der Waals surface area (Å²) < 4.78 is 78.2. The Balaban J connectivity index is 1.74. The summed E-state index contributed by atoms with van der Waals surface area (Å²) >= 11 is 0. The summed E-state index contributed by atoms with van der Waals surface area (Å²) in [5.41, 5.74) is -2.79. The van der Waals surface area contributed by atoms with Gasteiger partial charge in [-0.05, 0) is 72.8 Å². The van der Waals surface area contributed by atoms with E-state index < -0.39 is 54.7 Å². The van der Waals surface area contributed by atoms with E-state index in [1.807, 2.05) is 12.2 Å². The Bertz CT molecular complexity index is 936. The van der Waals surface area contributed by atoms with Crippen molar-refractivity contribution in [3.05, 3.63) is 35.5 Å². The Morgan fingerprint density at radius 3 is 2.35 bits per heavy atom. The van der Waals surface area contributed by atoms with Gasteiger partial charge in [0.2, 0.25) is 0 Å². The van der Waals surface area contributed by atoms with Gasteiger partial charge in [-0.2, -0.15) is 26.3 Å². The first-order chi connectivity index (χ1) is 16.9. The van der Waals surface area contributed by atoms with Crippen LogP contribution in [0.4, 0.5) is 26.3 Å². The van der Waals surface area contributed by atoms with E-state index >= 15 is 0 Å². The Hall–Kier alpha value is -1.65. The highest BCUT2D eigenvalue weighted by molar-refractivity contribution is 5.80. The van der Waals surface area contributed by atoms with Crippen molar-refractivity contribution in [3.8, 4) is 0 Å². The molecular weight excluding hydrogens is 502 g/mol. The number of fused-ring (bicyclic) bond motifs is 1. The number of Topliss-reactive ketones (excluding diaryl/α,β-unsaturated/α-hetero) is 1. The number of alkyl halides is 6. The minimum Gasteiger partial charge on any atom is -0.393 e. The molecule has 10 heteroatoms. The molecule has 0 aromatic rings. The van der Waals surface area contributed by atoms with Crippen LogP contribution >= 0.6 is 0 Å². The second-order valence-corrected chi connectivity index (χ2v) is 11.4. The van der Waals surface area contributed by atoms with E-state index in [1.54, 1.807) is 6.92 Å². The molecule has 4 nitrogen and oxygen atoms in total. The fraction of sp³-hybridized carbons (Fsp3) is 0.741. The maximum atomic E-state index is 13.0. The first kappa shape index (κ1) is 29.9. The SMILES string of the molecule is C=C1/C(=C\C=C2/CCC[C@@]3(C)C2CCC3[C@H](C)CC(=O)CC(O)(C(F)(F)F)C(F)(F)F)C[C@@H](O)C[C@@H]1O. The van der Waals surface area contributed by atoms with E-state index in [2.05, 4.69) is 13.5 Å². The molecule has 3 aliphatic carbocycles. The molecule has 0 saturated heterocycles. The standard InChI is InChI=1S/C27H36F6O4/c1-15(11-20(35)14-25(37,26(28,29)30)27(31,32)33)21-8-9-22-17(5-4-10-24(21,22)3)6-7-18-12-19(34)13-23(36)16(18)2/h6-7,15,19,21-23,34,36-37H,2,4-5,8-14H2,1,3H3/b17-6+,18-7-/t15-,19-,21?,22?,23+,24-/m1/s1. The number of aliphatic hydroxyl groups excluding tert-OH is 2. The summed E-state index contributed by atoms with van der Waals surface area (Å²) in [6, 6.07) is 0. The molecule has 3 rings (SSSR count). The molecule has 210 valence electrons. The van der Waals surface area contributed by atoms with Crippen molar-refractivity contribution in [3.63, 3.8) is 0 Å². The second-order valence-electron chi connectivity index (χ2n) is 11.4. The predicted octanol–water partition coefficient (Wildman–Crippen LogP) is 5.97. The van der Waals surface area contributed by atoms with Crippen LogP contribution in [-0.2, 0) is 4.79 Å². The van der Waals surface area contributed by atoms with Crippen LogP contribution in [0.1, 0.15) is 71.6 Å². The molecule has 6 atom stereocenters. The fourth-order valence-corrected chi connectivity index (χ4v) is 6.90. The second kappa shape index (κ2) is 10.5. The van der Waals surface area contributed by atoms with Crippen molar-refractivity contribution in [1.29, 1.82) is 0 Å². The molecule has 0 amide bonds. The fourth-order valence-electron chi connectivity index (χ4n) is 6.90. The van der Waals surface area contributed by atoms with Crippen LogP contribution in [0.2, 0.25) is 0 Å². The summed E-state index contributed by atoms with van der Waals surface area (Å²) in [6.45, 7) is 7.68. The Morgan fingerprint density at radius 2 is 1.76 bits per heavy atom. The number of rotatable bonds is 6. The molecule has 0 aliphatic heterocycles. The van der Waals surface area contributed by atoms with Crippen LogP contribution in [0.5, 0.6) is 0 Å². The number of hydrogen-bond acceptors (Lipinski definition) is 4. The van der Waals surface area contributed by atoms with Gasteiger partial charge in [-0.15, -0.1) is 0 Å². The lowest BCUT2D eigenvalue weighted by molar-refractivity contribution is -0.367. The number of ketones is 1. The van der Waals surface area contributed by atoms with E-state index in [0.717, 1.165) is 31.3 Å². The van der Waals surface area contributed by atoms with E-state index in [9.17, 15) is 46.5 Å². The van der Waals surface area contributed by atoms with Crippen molar-refractivity contribution in [2.45, 2.75) is 102 Å². The summed E-state index contributed by atoms with van der Waals surface area (Å²) in [6.07, 6.45) is -7.47. The highest BCUT2D eigenvalue weighted by Gasteiger charge is 2.70. The number of halogens is 6. The van der Waals surface area contributed by atoms with Gasteiger partial charge in [0, 0.05) is 12.8 Å². The lowest BCUT2D eigenvalue weighted by Gasteiger charge is -2.44. The van der Waals surface area contributed by atoms with E-state index in [0.29, 0.717) is 18.4 Å². The highest BCUT2D eigenvalue weighted by atomic mass is 19.4. The lowest BCUT2D eigenvalue weighted by Crippen LogP contribution is -2.58. The van der Waals surface area contributed by atoms with Gasteiger partial charge in [0.25, 0.3) is 5.60 Å². The largest absolute Gasteiger partial charge is 0.426 e. The van der Waals surface area contributed by atoms with Crippen molar-refractivity contribution in [2.24, 2.45) is 23.2 Å². The van der Waals surface area contributed by atoms with Gasteiger partial charge in [0.15, 0.2) is 0 Å². The summed E-state index contributed by atoms with van der Waals surface area (Å²) in [4.78, 5) is 12.4. The van der Waals surface area contributed by atoms with Gasteiger partial charge in [0.1, 0.15) is 5.78 Å². The minimum atomic E-state index is -6.01. The third-order valence-electron chi connectivity index (χ3n) is 8.93. The summed E-state index contributed by atoms with van der Waals surface area (Å²) in [7, 11) is 0. The first-order valence-corrected chi connectivity index (χ1v) is 12.7. The molecule has 3 saturated carbocycles. The van der Waals surface area contributed by atoms with Crippen molar-refractivity contribution < 1.29 is 46.5 Å². The first-order valence-electron chi connectivity index (χ1n) is 12.7. The van der Waals surface area contributed by atoms with E-state index in [-0.39, 0.29) is 23.7 Å². The minimum absolute atomic E-state index is 0.0732. The van der Waals surface area contributed by atoms with Crippen molar-refractivity contribution in [1.82, 2.24) is 0 Å². The molecule has 2 unspecified atom stereocenters.